The van der Waals surface area contributed by atoms with E-state index in [-0.39, 0.29) is 12.2 Å². The molecule has 1 fully saturated rings. The first-order chi connectivity index (χ1) is 5.58. The topological polar surface area (TPSA) is 18.5 Å². The van der Waals surface area contributed by atoms with Crippen molar-refractivity contribution in [3.63, 3.8) is 0 Å². The van der Waals surface area contributed by atoms with Crippen LogP contribution in [0.4, 0.5) is 0 Å². The molecule has 0 saturated carbocycles. The van der Waals surface area contributed by atoms with E-state index in [0.29, 0.717) is 0 Å². The monoisotopic (exact) mass is 230 g/mol. The molecule has 2 unspecified atom stereocenters. The zero-order valence-electron chi connectivity index (χ0n) is 7.08. The van der Waals surface area contributed by atoms with Gasteiger partial charge in [-0.2, -0.15) is 0 Å². The summed E-state index contributed by atoms with van der Waals surface area (Å²) in [6.07, 6.45) is 6.11. The van der Waals surface area contributed by atoms with Crippen molar-refractivity contribution in [2.45, 2.75) is 31.8 Å². The van der Waals surface area contributed by atoms with Gasteiger partial charge in [-0.05, 0) is 19.9 Å². The van der Waals surface area contributed by atoms with Gasteiger partial charge in [0.1, 0.15) is 12.2 Å². The van der Waals surface area contributed by atoms with Crippen LogP contribution in [0.1, 0.15) is 13.8 Å². The molecule has 1 aliphatic heterocycles. The van der Waals surface area contributed by atoms with Gasteiger partial charge in [-0.3, -0.25) is 0 Å². The van der Waals surface area contributed by atoms with Gasteiger partial charge in [0, 0.05) is 4.48 Å². The van der Waals surface area contributed by atoms with Crippen molar-refractivity contribution in [3.8, 4) is 0 Å². The summed E-state index contributed by atoms with van der Waals surface area (Å²) >= 11 is 3.45. The highest BCUT2D eigenvalue weighted by Gasteiger charge is 2.41. The molecule has 0 aromatic carbocycles. The molecule has 2 nitrogen and oxygen atoms in total. The molecule has 0 radical (unpaired) electrons. The first-order valence-electron chi connectivity index (χ1n) is 3.98. The van der Waals surface area contributed by atoms with Crippen LogP contribution in [0.3, 0.4) is 0 Å². The molecule has 0 spiro atoms. The van der Waals surface area contributed by atoms with Gasteiger partial charge in [-0.15, -0.1) is 0 Å². The summed E-state index contributed by atoms with van der Waals surface area (Å²) in [5, 5.41) is 0. The molecule has 3 heteroatoms. The maximum atomic E-state index is 5.68. The van der Waals surface area contributed by atoms with Crippen LogP contribution in [0, 0.1) is 0 Å². The van der Waals surface area contributed by atoms with Crippen molar-refractivity contribution >= 4 is 15.9 Å². The Kier molecular flexibility index (Phi) is 1.90. The van der Waals surface area contributed by atoms with Crippen LogP contribution in [0.5, 0.6) is 0 Å². The molecule has 0 N–H and O–H groups in total. The first kappa shape index (κ1) is 8.48. The molecule has 2 atom stereocenters. The average molecular weight is 231 g/mol. The lowest BCUT2D eigenvalue weighted by Gasteiger charge is -2.16. The highest BCUT2D eigenvalue weighted by molar-refractivity contribution is 9.11. The Morgan fingerprint density at radius 3 is 2.83 bits per heavy atom. The summed E-state index contributed by atoms with van der Waals surface area (Å²) in [5.41, 5.74) is 0. The summed E-state index contributed by atoms with van der Waals surface area (Å²) in [5.74, 6) is -0.461. The number of halogens is 1. The maximum absolute atomic E-state index is 5.68. The van der Waals surface area contributed by atoms with Crippen LogP contribution in [0.2, 0.25) is 0 Å². The number of rotatable bonds is 0. The van der Waals surface area contributed by atoms with Crippen LogP contribution in [0.25, 0.3) is 0 Å². The second kappa shape index (κ2) is 2.69. The summed E-state index contributed by atoms with van der Waals surface area (Å²) in [7, 11) is 0. The van der Waals surface area contributed by atoms with Crippen molar-refractivity contribution in [2.24, 2.45) is 0 Å². The van der Waals surface area contributed by atoms with E-state index in [1.165, 1.54) is 0 Å². The third kappa shape index (κ3) is 1.37. The smallest absolute Gasteiger partial charge is 0.164 e. The van der Waals surface area contributed by atoms with E-state index in [0.717, 1.165) is 4.48 Å². The second-order valence-corrected chi connectivity index (χ2v) is 4.37. The zero-order chi connectivity index (χ0) is 8.77. The Morgan fingerprint density at radius 1 is 1.42 bits per heavy atom. The minimum absolute atomic E-state index is 0.0463. The van der Waals surface area contributed by atoms with Gasteiger partial charge in [0.25, 0.3) is 0 Å². The fraction of sp³-hybridized carbons (Fsp3) is 0.556. The molecule has 0 aromatic heterocycles. The predicted octanol–water partition coefficient (Wildman–Crippen LogP) is 2.36. The SMILES string of the molecule is CC1(C)OC2C=CC=C(Br)C2O1. The lowest BCUT2D eigenvalue weighted by Crippen LogP contribution is -2.22. The number of fused-ring (bicyclic) bond motifs is 1. The number of ether oxygens (including phenoxy) is 2. The van der Waals surface area contributed by atoms with Crippen LogP contribution in [-0.4, -0.2) is 18.0 Å². The highest BCUT2D eigenvalue weighted by atomic mass is 79.9. The van der Waals surface area contributed by atoms with Crippen molar-refractivity contribution < 1.29 is 9.47 Å². The predicted molar refractivity (Wildman–Crippen MR) is 50.0 cm³/mol. The second-order valence-electron chi connectivity index (χ2n) is 3.46. The third-order valence-corrected chi connectivity index (χ3v) is 2.67. The lowest BCUT2D eigenvalue weighted by atomic mass is 10.1. The van der Waals surface area contributed by atoms with Gasteiger partial charge in [-0.1, -0.05) is 28.1 Å². The Bertz CT molecular complexity index is 255. The molecule has 2 aliphatic rings. The quantitative estimate of drug-likeness (QED) is 0.637. The minimum atomic E-state index is -0.461. The van der Waals surface area contributed by atoms with Gasteiger partial charge in [0.15, 0.2) is 5.79 Å². The Hall–Kier alpha value is -0.120. The van der Waals surface area contributed by atoms with Gasteiger partial charge < -0.3 is 9.47 Å². The van der Waals surface area contributed by atoms with E-state index in [2.05, 4.69) is 15.9 Å². The molecular weight excluding hydrogens is 220 g/mol. The normalized spacial score (nSPS) is 37.8. The van der Waals surface area contributed by atoms with Gasteiger partial charge in [0.2, 0.25) is 0 Å². The van der Waals surface area contributed by atoms with Crippen LogP contribution >= 0.6 is 15.9 Å². The summed E-state index contributed by atoms with van der Waals surface area (Å²) in [6, 6.07) is 0. The largest absolute Gasteiger partial charge is 0.340 e. The molecule has 0 bridgehead atoms. The summed E-state index contributed by atoms with van der Waals surface area (Å²) < 4.78 is 12.4. The zero-order valence-corrected chi connectivity index (χ0v) is 8.67. The van der Waals surface area contributed by atoms with E-state index in [1.54, 1.807) is 0 Å². The molecule has 1 saturated heterocycles. The van der Waals surface area contributed by atoms with Gasteiger partial charge in [-0.25, -0.2) is 0 Å². The molecule has 1 aliphatic carbocycles. The third-order valence-electron chi connectivity index (χ3n) is 1.96. The van der Waals surface area contributed by atoms with Crippen molar-refractivity contribution in [2.75, 3.05) is 0 Å². The van der Waals surface area contributed by atoms with E-state index in [4.69, 9.17) is 9.47 Å². The number of allylic oxidation sites excluding steroid dienone is 2. The molecular formula is C9H11BrO2. The van der Waals surface area contributed by atoms with Crippen molar-refractivity contribution in [3.05, 3.63) is 22.7 Å². The summed E-state index contributed by atoms with van der Waals surface area (Å²) in [6.45, 7) is 3.86. The highest BCUT2D eigenvalue weighted by Crippen LogP contribution is 2.36. The molecule has 66 valence electrons. The average Bonchev–Trinajstić information content (AvgIpc) is 2.25. The maximum Gasteiger partial charge on any atom is 0.164 e. The van der Waals surface area contributed by atoms with Crippen molar-refractivity contribution in [1.29, 1.82) is 0 Å². The Balaban J connectivity index is 2.24. The van der Waals surface area contributed by atoms with Gasteiger partial charge >= 0.3 is 0 Å². The lowest BCUT2D eigenvalue weighted by molar-refractivity contribution is -0.139. The van der Waals surface area contributed by atoms with E-state index in [9.17, 15) is 0 Å². The van der Waals surface area contributed by atoms with Crippen LogP contribution in [-0.2, 0) is 9.47 Å². The molecule has 12 heavy (non-hydrogen) atoms. The Morgan fingerprint density at radius 2 is 2.17 bits per heavy atom. The standard InChI is InChI=1S/C9H11BrO2/c1-9(2)11-7-5-3-4-6(10)8(7)12-9/h3-5,7-8H,1-2H3. The molecule has 1 heterocycles. The van der Waals surface area contributed by atoms with Crippen LogP contribution in [0.15, 0.2) is 22.7 Å². The minimum Gasteiger partial charge on any atom is -0.340 e. The molecule has 0 aromatic rings. The fourth-order valence-electron chi connectivity index (χ4n) is 1.50. The molecule has 0 amide bonds. The van der Waals surface area contributed by atoms with E-state index in [1.807, 2.05) is 32.1 Å². The van der Waals surface area contributed by atoms with E-state index < -0.39 is 5.79 Å². The summed E-state index contributed by atoms with van der Waals surface area (Å²) in [4.78, 5) is 0. The van der Waals surface area contributed by atoms with Crippen molar-refractivity contribution in [1.82, 2.24) is 0 Å². The Labute approximate surface area is 80.4 Å². The van der Waals surface area contributed by atoms with Crippen LogP contribution < -0.4 is 0 Å². The molecule has 2 rings (SSSR count). The fourth-order valence-corrected chi connectivity index (χ4v) is 2.00. The van der Waals surface area contributed by atoms with Gasteiger partial charge in [0.05, 0.1) is 0 Å². The number of hydrogen-bond acceptors (Lipinski definition) is 2. The first-order valence-corrected chi connectivity index (χ1v) is 4.77. The van der Waals surface area contributed by atoms with E-state index >= 15 is 0 Å². The number of hydrogen-bond donors (Lipinski definition) is 0.